The van der Waals surface area contributed by atoms with Gasteiger partial charge in [0.2, 0.25) is 0 Å². The van der Waals surface area contributed by atoms with Crippen molar-refractivity contribution in [1.82, 2.24) is 0 Å². The molecule has 0 saturated heterocycles. The molecule has 0 aliphatic rings. The van der Waals surface area contributed by atoms with Crippen molar-refractivity contribution in [3.8, 4) is 5.75 Å². The second-order valence-electron chi connectivity index (χ2n) is 6.55. The van der Waals surface area contributed by atoms with Gasteiger partial charge in [-0.15, -0.1) is 0 Å². The van der Waals surface area contributed by atoms with Gasteiger partial charge in [-0.25, -0.2) is 12.8 Å². The number of fused-ring (bicyclic) bond motifs is 1. The molecule has 0 unspecified atom stereocenters. The number of para-hydroxylation sites is 2. The SMILES string of the molecule is COc1cccc2cc(C(=O)Nc3ccc(S(=O)(=O)Nc4ccccc4F)cc3)oc12. The van der Waals surface area contributed by atoms with Crippen molar-refractivity contribution in [2.45, 2.75) is 4.90 Å². The lowest BCUT2D eigenvalue weighted by Gasteiger charge is -2.09. The van der Waals surface area contributed by atoms with Crippen LogP contribution in [0.25, 0.3) is 11.0 Å². The van der Waals surface area contributed by atoms with Crippen LogP contribution in [0.4, 0.5) is 15.8 Å². The molecule has 1 aromatic heterocycles. The van der Waals surface area contributed by atoms with Crippen LogP contribution in [0.3, 0.4) is 0 Å². The van der Waals surface area contributed by atoms with E-state index in [2.05, 4.69) is 10.0 Å². The van der Waals surface area contributed by atoms with Gasteiger partial charge in [0.25, 0.3) is 15.9 Å². The molecule has 0 spiro atoms. The first-order valence-electron chi connectivity index (χ1n) is 9.13. The molecule has 31 heavy (non-hydrogen) atoms. The fraction of sp³-hybridized carbons (Fsp3) is 0.0455. The van der Waals surface area contributed by atoms with Crippen LogP contribution in [-0.2, 0) is 10.0 Å². The summed E-state index contributed by atoms with van der Waals surface area (Å²) in [4.78, 5) is 12.4. The Bertz CT molecular complexity index is 1360. The first kappa shape index (κ1) is 20.4. The van der Waals surface area contributed by atoms with Crippen LogP contribution in [-0.4, -0.2) is 21.4 Å². The van der Waals surface area contributed by atoms with Crippen molar-refractivity contribution in [3.63, 3.8) is 0 Å². The number of furan rings is 1. The number of carbonyl (C=O) groups excluding carboxylic acids is 1. The van der Waals surface area contributed by atoms with Gasteiger partial charge in [0.05, 0.1) is 17.7 Å². The summed E-state index contributed by atoms with van der Waals surface area (Å²) in [6, 6.07) is 17.8. The molecule has 0 radical (unpaired) electrons. The predicted molar refractivity (Wildman–Crippen MR) is 114 cm³/mol. The quantitative estimate of drug-likeness (QED) is 0.455. The first-order chi connectivity index (χ1) is 14.9. The topological polar surface area (TPSA) is 97.6 Å². The number of nitrogens with one attached hydrogen (secondary N) is 2. The fourth-order valence-corrected chi connectivity index (χ4v) is 4.03. The minimum Gasteiger partial charge on any atom is -0.493 e. The molecule has 0 aliphatic heterocycles. The molecule has 3 aromatic carbocycles. The average Bonchev–Trinajstić information content (AvgIpc) is 3.20. The average molecular weight is 440 g/mol. The van der Waals surface area contributed by atoms with E-state index in [1.807, 2.05) is 0 Å². The molecular weight excluding hydrogens is 423 g/mol. The second-order valence-corrected chi connectivity index (χ2v) is 8.24. The van der Waals surface area contributed by atoms with Gasteiger partial charge >= 0.3 is 0 Å². The van der Waals surface area contributed by atoms with Crippen LogP contribution in [0, 0.1) is 5.82 Å². The third-order valence-electron chi connectivity index (χ3n) is 4.49. The van der Waals surface area contributed by atoms with Crippen molar-refractivity contribution < 1.29 is 26.8 Å². The van der Waals surface area contributed by atoms with E-state index in [0.717, 1.165) is 6.07 Å². The molecule has 158 valence electrons. The van der Waals surface area contributed by atoms with Crippen LogP contribution in [0.5, 0.6) is 5.75 Å². The molecule has 7 nitrogen and oxygen atoms in total. The lowest BCUT2D eigenvalue weighted by atomic mass is 10.2. The molecule has 0 fully saturated rings. The number of anilines is 2. The summed E-state index contributed by atoms with van der Waals surface area (Å²) in [5.41, 5.74) is 0.665. The largest absolute Gasteiger partial charge is 0.493 e. The van der Waals surface area contributed by atoms with Gasteiger partial charge in [-0.3, -0.25) is 9.52 Å². The van der Waals surface area contributed by atoms with E-state index in [9.17, 15) is 17.6 Å². The maximum Gasteiger partial charge on any atom is 0.291 e. The molecule has 1 amide bonds. The van der Waals surface area contributed by atoms with E-state index in [4.69, 9.17) is 9.15 Å². The van der Waals surface area contributed by atoms with E-state index in [1.165, 1.54) is 49.6 Å². The molecule has 9 heteroatoms. The van der Waals surface area contributed by atoms with Crippen LogP contribution in [0.2, 0.25) is 0 Å². The molecule has 0 saturated carbocycles. The third-order valence-corrected chi connectivity index (χ3v) is 5.87. The first-order valence-corrected chi connectivity index (χ1v) is 10.6. The molecule has 4 aromatic rings. The third kappa shape index (κ3) is 4.22. The fourth-order valence-electron chi connectivity index (χ4n) is 2.97. The maximum absolute atomic E-state index is 13.7. The lowest BCUT2D eigenvalue weighted by Crippen LogP contribution is -2.14. The summed E-state index contributed by atoms with van der Waals surface area (Å²) in [5.74, 6) is -0.596. The van der Waals surface area contributed by atoms with Gasteiger partial charge in [0.1, 0.15) is 5.82 Å². The van der Waals surface area contributed by atoms with Crippen LogP contribution >= 0.6 is 0 Å². The molecule has 4 rings (SSSR count). The number of halogens is 1. The van der Waals surface area contributed by atoms with Gasteiger partial charge in [0, 0.05) is 11.1 Å². The van der Waals surface area contributed by atoms with Crippen LogP contribution in [0.15, 0.2) is 82.1 Å². The second kappa shape index (κ2) is 8.11. The van der Waals surface area contributed by atoms with Gasteiger partial charge in [-0.2, -0.15) is 0 Å². The van der Waals surface area contributed by atoms with E-state index < -0.39 is 21.7 Å². The van der Waals surface area contributed by atoms with Crippen LogP contribution < -0.4 is 14.8 Å². The Kier molecular flexibility index (Phi) is 5.35. The minimum atomic E-state index is -3.99. The number of carbonyl (C=O) groups is 1. The van der Waals surface area contributed by atoms with Gasteiger partial charge in [0.15, 0.2) is 17.1 Å². The Morgan fingerprint density at radius 1 is 1.00 bits per heavy atom. The van der Waals surface area contributed by atoms with Crippen molar-refractivity contribution in [2.75, 3.05) is 17.1 Å². The van der Waals surface area contributed by atoms with E-state index in [-0.39, 0.29) is 16.3 Å². The number of ether oxygens (including phenoxy) is 1. The maximum atomic E-state index is 13.7. The Balaban J connectivity index is 1.51. The predicted octanol–water partition coefficient (Wildman–Crippen LogP) is 4.63. The van der Waals surface area contributed by atoms with Gasteiger partial charge in [-0.1, -0.05) is 24.3 Å². The highest BCUT2D eigenvalue weighted by molar-refractivity contribution is 7.92. The highest BCUT2D eigenvalue weighted by atomic mass is 32.2. The summed E-state index contributed by atoms with van der Waals surface area (Å²) in [5, 5.41) is 3.36. The number of hydrogen-bond donors (Lipinski definition) is 2. The van der Waals surface area contributed by atoms with Crippen molar-refractivity contribution in [3.05, 3.63) is 84.4 Å². The Morgan fingerprint density at radius 2 is 1.74 bits per heavy atom. The standard InChI is InChI=1S/C22H17FN2O5S/c1-29-19-8-4-5-14-13-20(30-21(14)19)22(26)24-15-9-11-16(12-10-15)31(27,28)25-18-7-3-2-6-17(18)23/h2-13,25H,1H3,(H,24,26). The summed E-state index contributed by atoms with van der Waals surface area (Å²) in [6.07, 6.45) is 0. The summed E-state index contributed by atoms with van der Waals surface area (Å²) >= 11 is 0. The molecule has 0 aliphatic carbocycles. The number of amides is 1. The number of benzene rings is 3. The normalized spacial score (nSPS) is 11.3. The summed E-state index contributed by atoms with van der Waals surface area (Å²) < 4.78 is 51.7. The van der Waals surface area contributed by atoms with Crippen molar-refractivity contribution in [2.24, 2.45) is 0 Å². The molecule has 1 heterocycles. The Hall–Kier alpha value is -3.85. The summed E-state index contributed by atoms with van der Waals surface area (Å²) in [6.45, 7) is 0. The molecule has 2 N–H and O–H groups in total. The highest BCUT2D eigenvalue weighted by Crippen LogP contribution is 2.29. The zero-order valence-corrected chi connectivity index (χ0v) is 17.1. The molecule has 0 atom stereocenters. The van der Waals surface area contributed by atoms with Gasteiger partial charge < -0.3 is 14.5 Å². The van der Waals surface area contributed by atoms with Crippen molar-refractivity contribution >= 4 is 38.3 Å². The Morgan fingerprint density at radius 3 is 2.45 bits per heavy atom. The smallest absolute Gasteiger partial charge is 0.291 e. The van der Waals surface area contributed by atoms with E-state index in [1.54, 1.807) is 24.3 Å². The monoisotopic (exact) mass is 440 g/mol. The Labute approximate surface area is 177 Å². The van der Waals surface area contributed by atoms with E-state index in [0.29, 0.717) is 22.4 Å². The minimum absolute atomic E-state index is 0.0809. The molecular formula is C22H17FN2O5S. The lowest BCUT2D eigenvalue weighted by molar-refractivity contribution is 0.0998. The molecule has 0 bridgehead atoms. The number of methoxy groups -OCH3 is 1. The number of rotatable bonds is 6. The summed E-state index contributed by atoms with van der Waals surface area (Å²) in [7, 11) is -2.49. The number of sulfonamides is 1. The zero-order valence-electron chi connectivity index (χ0n) is 16.3. The zero-order chi connectivity index (χ0) is 22.0. The highest BCUT2D eigenvalue weighted by Gasteiger charge is 2.18. The van der Waals surface area contributed by atoms with Gasteiger partial charge in [-0.05, 0) is 48.5 Å². The number of hydrogen-bond acceptors (Lipinski definition) is 5. The van der Waals surface area contributed by atoms with Crippen LogP contribution in [0.1, 0.15) is 10.6 Å². The van der Waals surface area contributed by atoms with Crippen molar-refractivity contribution in [1.29, 1.82) is 0 Å². The van der Waals surface area contributed by atoms with E-state index >= 15 is 0 Å².